The maximum atomic E-state index is 12.7. The van der Waals surface area contributed by atoms with Crippen LogP contribution in [0.4, 0.5) is 13.2 Å². The number of fused-ring (bicyclic) bond motifs is 1. The molecule has 0 unspecified atom stereocenters. The number of para-hydroxylation sites is 1. The van der Waals surface area contributed by atoms with Gasteiger partial charge in [0.25, 0.3) is 11.8 Å². The molecule has 158 valence electrons. The standard InChI is InChI=1S/C21H15F3N4O2S/c1-11-17(31-20(26-11)12-6-8-13(9-7-12)21(22,23)24)19(30)28-27-18(29)15-10-25-16-5-3-2-4-14(15)16/h2-10,25H,1H3,(H,27,29)(H,28,30). The molecule has 10 heteroatoms. The summed E-state index contributed by atoms with van der Waals surface area (Å²) in [7, 11) is 0. The number of nitrogens with one attached hydrogen (secondary N) is 3. The minimum Gasteiger partial charge on any atom is -0.360 e. The van der Waals surface area contributed by atoms with Crippen LogP contribution in [0.15, 0.2) is 54.7 Å². The number of hydrogen-bond acceptors (Lipinski definition) is 4. The van der Waals surface area contributed by atoms with Gasteiger partial charge in [0.15, 0.2) is 0 Å². The van der Waals surface area contributed by atoms with E-state index in [1.807, 2.05) is 12.1 Å². The summed E-state index contributed by atoms with van der Waals surface area (Å²) in [5, 5.41) is 1.12. The van der Waals surface area contributed by atoms with Crippen LogP contribution in [0.25, 0.3) is 21.5 Å². The molecule has 2 aromatic carbocycles. The van der Waals surface area contributed by atoms with E-state index in [-0.39, 0.29) is 4.88 Å². The van der Waals surface area contributed by atoms with Crippen LogP contribution in [-0.2, 0) is 6.18 Å². The van der Waals surface area contributed by atoms with Gasteiger partial charge < -0.3 is 4.98 Å². The van der Waals surface area contributed by atoms with Gasteiger partial charge in [0.05, 0.1) is 16.8 Å². The molecule has 3 N–H and O–H groups in total. The third-order valence-electron chi connectivity index (χ3n) is 4.59. The fraction of sp³-hybridized carbons (Fsp3) is 0.0952. The topological polar surface area (TPSA) is 86.9 Å². The lowest BCUT2D eigenvalue weighted by Gasteiger charge is -2.06. The Morgan fingerprint density at radius 2 is 1.68 bits per heavy atom. The second-order valence-corrected chi connectivity index (χ2v) is 7.66. The van der Waals surface area contributed by atoms with Crippen molar-refractivity contribution in [1.82, 2.24) is 20.8 Å². The number of carbonyl (C=O) groups excluding carboxylic acids is 2. The van der Waals surface area contributed by atoms with Crippen molar-refractivity contribution >= 4 is 34.1 Å². The molecule has 0 fully saturated rings. The molecule has 2 heterocycles. The van der Waals surface area contributed by atoms with Gasteiger partial charge >= 0.3 is 6.18 Å². The van der Waals surface area contributed by atoms with Gasteiger partial charge in [-0.2, -0.15) is 13.2 Å². The number of halogens is 3. The summed E-state index contributed by atoms with van der Waals surface area (Å²) in [4.78, 5) is 32.4. The van der Waals surface area contributed by atoms with E-state index < -0.39 is 23.6 Å². The quantitative estimate of drug-likeness (QED) is 0.401. The second kappa shape index (κ2) is 7.88. The van der Waals surface area contributed by atoms with Crippen LogP contribution in [0.5, 0.6) is 0 Å². The zero-order valence-electron chi connectivity index (χ0n) is 16.0. The van der Waals surface area contributed by atoms with E-state index in [4.69, 9.17) is 0 Å². The van der Waals surface area contributed by atoms with Crippen molar-refractivity contribution in [3.05, 3.63) is 76.4 Å². The lowest BCUT2D eigenvalue weighted by molar-refractivity contribution is -0.137. The zero-order valence-corrected chi connectivity index (χ0v) is 16.8. The van der Waals surface area contributed by atoms with E-state index in [0.29, 0.717) is 27.2 Å². The zero-order chi connectivity index (χ0) is 22.2. The van der Waals surface area contributed by atoms with Crippen LogP contribution in [0, 0.1) is 6.92 Å². The van der Waals surface area contributed by atoms with Gasteiger partial charge in [-0.05, 0) is 25.1 Å². The Hall–Kier alpha value is -3.66. The van der Waals surface area contributed by atoms with Crippen LogP contribution >= 0.6 is 11.3 Å². The molecular formula is C21H15F3N4O2S. The molecule has 6 nitrogen and oxygen atoms in total. The number of aromatic amines is 1. The molecule has 0 bridgehead atoms. The fourth-order valence-electron chi connectivity index (χ4n) is 3.03. The summed E-state index contributed by atoms with van der Waals surface area (Å²) in [5.41, 5.74) is 6.00. The first-order valence-corrected chi connectivity index (χ1v) is 9.87. The summed E-state index contributed by atoms with van der Waals surface area (Å²) in [6.45, 7) is 1.61. The Balaban J connectivity index is 1.47. The average molecular weight is 444 g/mol. The SMILES string of the molecule is Cc1nc(-c2ccc(C(F)(F)F)cc2)sc1C(=O)NNC(=O)c1c[nH]c2ccccc12. The number of rotatable bonds is 3. The normalized spacial score (nSPS) is 11.5. The van der Waals surface area contributed by atoms with Gasteiger partial charge in [-0.15, -0.1) is 11.3 Å². The maximum absolute atomic E-state index is 12.7. The first-order chi connectivity index (χ1) is 14.7. The van der Waals surface area contributed by atoms with Gasteiger partial charge in [0, 0.05) is 22.7 Å². The highest BCUT2D eigenvalue weighted by Gasteiger charge is 2.30. The highest BCUT2D eigenvalue weighted by molar-refractivity contribution is 7.17. The van der Waals surface area contributed by atoms with E-state index in [1.165, 1.54) is 12.1 Å². The van der Waals surface area contributed by atoms with Crippen molar-refractivity contribution in [3.63, 3.8) is 0 Å². The molecular weight excluding hydrogens is 429 g/mol. The second-order valence-electron chi connectivity index (χ2n) is 6.66. The Labute approximate surface area is 178 Å². The minimum absolute atomic E-state index is 0.245. The van der Waals surface area contributed by atoms with Gasteiger partial charge in [0.2, 0.25) is 0 Å². The van der Waals surface area contributed by atoms with Crippen molar-refractivity contribution in [2.75, 3.05) is 0 Å². The Bertz CT molecular complexity index is 1280. The molecule has 4 aromatic rings. The van der Waals surface area contributed by atoms with Crippen molar-refractivity contribution in [2.45, 2.75) is 13.1 Å². The number of aryl methyl sites for hydroxylation is 1. The van der Waals surface area contributed by atoms with E-state index in [2.05, 4.69) is 20.8 Å². The number of aromatic nitrogens is 2. The number of nitrogens with zero attached hydrogens (tertiary/aromatic N) is 1. The van der Waals surface area contributed by atoms with Gasteiger partial charge in [-0.1, -0.05) is 30.3 Å². The largest absolute Gasteiger partial charge is 0.416 e. The van der Waals surface area contributed by atoms with Crippen molar-refractivity contribution in [1.29, 1.82) is 0 Å². The molecule has 0 radical (unpaired) electrons. The fourth-order valence-corrected chi connectivity index (χ4v) is 4.00. The van der Waals surface area contributed by atoms with Gasteiger partial charge in [0.1, 0.15) is 9.88 Å². The molecule has 0 aliphatic rings. The van der Waals surface area contributed by atoms with Gasteiger partial charge in [-0.3, -0.25) is 20.4 Å². The highest BCUT2D eigenvalue weighted by Crippen LogP contribution is 2.33. The van der Waals surface area contributed by atoms with E-state index >= 15 is 0 Å². The number of alkyl halides is 3. The number of H-pyrrole nitrogens is 1. The number of hydrazine groups is 1. The molecule has 0 atom stereocenters. The Morgan fingerprint density at radius 3 is 2.39 bits per heavy atom. The van der Waals surface area contributed by atoms with E-state index in [9.17, 15) is 22.8 Å². The molecule has 2 amide bonds. The molecule has 2 aromatic heterocycles. The van der Waals surface area contributed by atoms with Crippen molar-refractivity contribution in [3.8, 4) is 10.6 Å². The summed E-state index contributed by atoms with van der Waals surface area (Å²) >= 11 is 1.02. The molecule has 0 saturated carbocycles. The van der Waals surface area contributed by atoms with Crippen LogP contribution in [0.3, 0.4) is 0 Å². The molecule has 31 heavy (non-hydrogen) atoms. The lowest BCUT2D eigenvalue weighted by Crippen LogP contribution is -2.41. The van der Waals surface area contributed by atoms with Crippen molar-refractivity contribution in [2.24, 2.45) is 0 Å². The van der Waals surface area contributed by atoms with Crippen LogP contribution in [0.1, 0.15) is 31.3 Å². The predicted molar refractivity (Wildman–Crippen MR) is 111 cm³/mol. The first kappa shape index (κ1) is 20.6. The number of benzene rings is 2. The summed E-state index contributed by atoms with van der Waals surface area (Å²) in [5.74, 6) is -1.06. The first-order valence-electron chi connectivity index (χ1n) is 9.06. The molecule has 0 aliphatic heterocycles. The van der Waals surface area contributed by atoms with E-state index in [1.54, 1.807) is 25.3 Å². The third kappa shape index (κ3) is 4.15. The van der Waals surface area contributed by atoms with Gasteiger partial charge in [-0.25, -0.2) is 4.98 Å². The summed E-state index contributed by atoms with van der Waals surface area (Å²) in [6, 6.07) is 11.8. The average Bonchev–Trinajstić information content (AvgIpc) is 3.35. The van der Waals surface area contributed by atoms with Crippen LogP contribution in [0.2, 0.25) is 0 Å². The van der Waals surface area contributed by atoms with E-state index in [0.717, 1.165) is 29.0 Å². The number of amides is 2. The number of carbonyl (C=O) groups is 2. The lowest BCUT2D eigenvalue weighted by atomic mass is 10.1. The highest BCUT2D eigenvalue weighted by atomic mass is 32.1. The number of hydrogen-bond donors (Lipinski definition) is 3. The predicted octanol–water partition coefficient (Wildman–Crippen LogP) is 4.69. The summed E-state index contributed by atoms with van der Waals surface area (Å²) < 4.78 is 38.2. The van der Waals surface area contributed by atoms with Crippen LogP contribution < -0.4 is 10.9 Å². The smallest absolute Gasteiger partial charge is 0.360 e. The monoisotopic (exact) mass is 444 g/mol. The Kier molecular flexibility index (Phi) is 5.24. The van der Waals surface area contributed by atoms with Crippen LogP contribution in [-0.4, -0.2) is 21.8 Å². The molecule has 0 aliphatic carbocycles. The maximum Gasteiger partial charge on any atom is 0.416 e. The molecule has 0 spiro atoms. The molecule has 4 rings (SSSR count). The Morgan fingerprint density at radius 1 is 1.00 bits per heavy atom. The minimum atomic E-state index is -4.43. The van der Waals surface area contributed by atoms with Crippen molar-refractivity contribution < 1.29 is 22.8 Å². The molecule has 0 saturated heterocycles. The number of thiazole rings is 1. The summed E-state index contributed by atoms with van der Waals surface area (Å²) in [6.07, 6.45) is -2.88. The third-order valence-corrected chi connectivity index (χ3v) is 5.79.